The first-order valence-corrected chi connectivity index (χ1v) is 4.75. The van der Waals surface area contributed by atoms with Crippen LogP contribution in [-0.2, 0) is 6.54 Å². The monoisotopic (exact) mass is 208 g/mol. The van der Waals surface area contributed by atoms with Crippen molar-refractivity contribution in [2.75, 3.05) is 6.61 Å². The van der Waals surface area contributed by atoms with Crippen molar-refractivity contribution in [2.24, 2.45) is 0 Å². The van der Waals surface area contributed by atoms with Gasteiger partial charge in [0.2, 0.25) is 0 Å². The van der Waals surface area contributed by atoms with Crippen LogP contribution in [0.3, 0.4) is 0 Å². The maximum Gasteiger partial charge on any atom is 0.326 e. The summed E-state index contributed by atoms with van der Waals surface area (Å²) in [5.41, 5.74) is 1.13. The lowest BCUT2D eigenvalue weighted by Gasteiger charge is -2.00. The molecule has 3 N–H and O–H groups in total. The van der Waals surface area contributed by atoms with Gasteiger partial charge < -0.3 is 15.2 Å². The Bertz CT molecular complexity index is 527. The third kappa shape index (κ3) is 1.73. The standard InChI is InChI=1S/C10H12N2O3/c13-5-1-4-12-9-3-2-7(14)6-8(9)11-10(12)15/h2-3,6,13-14H,1,4-5H2,(H,11,15). The fourth-order valence-electron chi connectivity index (χ4n) is 1.60. The Labute approximate surface area is 85.6 Å². The van der Waals surface area contributed by atoms with Crippen molar-refractivity contribution >= 4 is 11.0 Å². The minimum Gasteiger partial charge on any atom is -0.508 e. The molecule has 0 aliphatic carbocycles. The number of aromatic hydroxyl groups is 1. The van der Waals surface area contributed by atoms with E-state index in [2.05, 4.69) is 4.98 Å². The van der Waals surface area contributed by atoms with Crippen LogP contribution in [-0.4, -0.2) is 26.4 Å². The zero-order valence-corrected chi connectivity index (χ0v) is 8.10. The summed E-state index contributed by atoms with van der Waals surface area (Å²) in [6.45, 7) is 0.525. The Kier molecular flexibility index (Phi) is 2.47. The predicted octanol–water partition coefficient (Wildman–Crippen LogP) is 0.418. The molecule has 5 nitrogen and oxygen atoms in total. The van der Waals surface area contributed by atoms with Gasteiger partial charge in [0.05, 0.1) is 11.0 Å². The third-order valence-electron chi connectivity index (χ3n) is 2.30. The Morgan fingerprint density at radius 3 is 2.93 bits per heavy atom. The molecule has 0 atom stereocenters. The van der Waals surface area contributed by atoms with Crippen molar-refractivity contribution in [1.29, 1.82) is 0 Å². The molecule has 0 saturated heterocycles. The molecule has 0 aliphatic heterocycles. The second-order valence-corrected chi connectivity index (χ2v) is 3.36. The fraction of sp³-hybridized carbons (Fsp3) is 0.300. The number of hydrogen-bond donors (Lipinski definition) is 3. The van der Waals surface area contributed by atoms with Gasteiger partial charge in [-0.2, -0.15) is 0 Å². The molecular formula is C10H12N2O3. The van der Waals surface area contributed by atoms with Gasteiger partial charge in [-0.15, -0.1) is 0 Å². The number of hydrogen-bond acceptors (Lipinski definition) is 3. The Morgan fingerprint density at radius 1 is 1.40 bits per heavy atom. The van der Waals surface area contributed by atoms with Crippen LogP contribution in [0, 0.1) is 0 Å². The van der Waals surface area contributed by atoms with Gasteiger partial charge >= 0.3 is 5.69 Å². The summed E-state index contributed by atoms with van der Waals surface area (Å²) in [6.07, 6.45) is 0.535. The second-order valence-electron chi connectivity index (χ2n) is 3.36. The molecule has 1 heterocycles. The normalized spacial score (nSPS) is 11.0. The lowest BCUT2D eigenvalue weighted by molar-refractivity contribution is 0.280. The van der Waals surface area contributed by atoms with Gasteiger partial charge in [0.15, 0.2) is 0 Å². The molecule has 2 rings (SSSR count). The summed E-state index contributed by atoms with van der Waals surface area (Å²) < 4.78 is 1.55. The molecule has 0 unspecified atom stereocenters. The van der Waals surface area contributed by atoms with Crippen LogP contribution in [0.5, 0.6) is 5.75 Å². The Balaban J connectivity index is 2.53. The van der Waals surface area contributed by atoms with Crippen molar-refractivity contribution in [3.05, 3.63) is 28.7 Å². The number of fused-ring (bicyclic) bond motifs is 1. The number of rotatable bonds is 3. The number of nitrogens with one attached hydrogen (secondary N) is 1. The summed E-state index contributed by atoms with van der Waals surface area (Å²) in [5, 5.41) is 17.9. The topological polar surface area (TPSA) is 78.2 Å². The number of benzene rings is 1. The zero-order valence-electron chi connectivity index (χ0n) is 8.10. The third-order valence-corrected chi connectivity index (χ3v) is 2.30. The number of aromatic amines is 1. The molecule has 1 aromatic heterocycles. The predicted molar refractivity (Wildman–Crippen MR) is 55.9 cm³/mol. The highest BCUT2D eigenvalue weighted by molar-refractivity contribution is 5.76. The highest BCUT2D eigenvalue weighted by Gasteiger charge is 2.06. The van der Waals surface area contributed by atoms with E-state index in [0.29, 0.717) is 18.5 Å². The summed E-state index contributed by atoms with van der Waals surface area (Å²) in [6, 6.07) is 4.72. The zero-order chi connectivity index (χ0) is 10.8. The second kappa shape index (κ2) is 3.78. The van der Waals surface area contributed by atoms with E-state index in [9.17, 15) is 9.90 Å². The van der Waals surface area contributed by atoms with E-state index < -0.39 is 0 Å². The summed E-state index contributed by atoms with van der Waals surface area (Å²) in [4.78, 5) is 14.1. The van der Waals surface area contributed by atoms with Gasteiger partial charge in [0.1, 0.15) is 5.75 Å². The van der Waals surface area contributed by atoms with E-state index in [1.165, 1.54) is 12.1 Å². The highest BCUT2D eigenvalue weighted by Crippen LogP contribution is 2.16. The summed E-state index contributed by atoms with van der Waals surface area (Å²) in [7, 11) is 0. The number of aliphatic hydroxyl groups is 1. The fourth-order valence-corrected chi connectivity index (χ4v) is 1.60. The van der Waals surface area contributed by atoms with Crippen LogP contribution in [0.4, 0.5) is 0 Å². The molecule has 0 fully saturated rings. The lowest BCUT2D eigenvalue weighted by atomic mass is 10.3. The SMILES string of the molecule is O=c1[nH]c2cc(O)ccc2n1CCCO. The van der Waals surface area contributed by atoms with Gasteiger partial charge in [-0.3, -0.25) is 4.57 Å². The molecule has 0 aliphatic rings. The van der Waals surface area contributed by atoms with Crippen LogP contribution in [0.15, 0.2) is 23.0 Å². The summed E-state index contributed by atoms with van der Waals surface area (Å²) in [5.74, 6) is 0.123. The largest absolute Gasteiger partial charge is 0.508 e. The number of aromatic nitrogens is 2. The average molecular weight is 208 g/mol. The van der Waals surface area contributed by atoms with E-state index in [4.69, 9.17) is 5.11 Å². The van der Waals surface area contributed by atoms with E-state index in [1.54, 1.807) is 10.6 Å². The van der Waals surface area contributed by atoms with Gasteiger partial charge in [-0.25, -0.2) is 4.79 Å². The molecule has 1 aromatic carbocycles. The number of aliphatic hydroxyl groups excluding tert-OH is 1. The maximum atomic E-state index is 11.5. The first-order valence-electron chi connectivity index (χ1n) is 4.75. The molecule has 80 valence electrons. The number of nitrogens with zero attached hydrogens (tertiary/aromatic N) is 1. The average Bonchev–Trinajstić information content (AvgIpc) is 2.50. The van der Waals surface area contributed by atoms with Crippen LogP contribution < -0.4 is 5.69 Å². The van der Waals surface area contributed by atoms with Crippen molar-refractivity contribution in [2.45, 2.75) is 13.0 Å². The molecule has 0 bridgehead atoms. The maximum absolute atomic E-state index is 11.5. The number of H-pyrrole nitrogens is 1. The van der Waals surface area contributed by atoms with Crippen LogP contribution in [0.2, 0.25) is 0 Å². The molecule has 0 spiro atoms. The van der Waals surface area contributed by atoms with E-state index in [0.717, 1.165) is 5.52 Å². The first-order chi connectivity index (χ1) is 7.22. The van der Waals surface area contributed by atoms with Gasteiger partial charge in [-0.1, -0.05) is 0 Å². The highest BCUT2D eigenvalue weighted by atomic mass is 16.3. The molecule has 0 saturated carbocycles. The minimum atomic E-state index is -0.218. The van der Waals surface area contributed by atoms with Crippen molar-refractivity contribution in [3.8, 4) is 5.75 Å². The van der Waals surface area contributed by atoms with Crippen molar-refractivity contribution in [1.82, 2.24) is 9.55 Å². The molecule has 15 heavy (non-hydrogen) atoms. The number of aryl methyl sites for hydroxylation is 1. The van der Waals surface area contributed by atoms with E-state index in [-0.39, 0.29) is 18.0 Å². The smallest absolute Gasteiger partial charge is 0.326 e. The number of phenols is 1. The molecule has 0 amide bonds. The molecule has 0 radical (unpaired) electrons. The quantitative estimate of drug-likeness (QED) is 0.684. The summed E-state index contributed by atoms with van der Waals surface area (Å²) >= 11 is 0. The first kappa shape index (κ1) is 9.79. The van der Waals surface area contributed by atoms with Crippen molar-refractivity contribution < 1.29 is 10.2 Å². The number of phenolic OH excluding ortho intramolecular Hbond substituents is 1. The van der Waals surface area contributed by atoms with E-state index >= 15 is 0 Å². The Hall–Kier alpha value is -1.75. The number of imidazole rings is 1. The van der Waals surface area contributed by atoms with Crippen LogP contribution >= 0.6 is 0 Å². The van der Waals surface area contributed by atoms with Crippen LogP contribution in [0.1, 0.15) is 6.42 Å². The molecular weight excluding hydrogens is 196 g/mol. The lowest BCUT2D eigenvalue weighted by Crippen LogP contribution is -2.17. The van der Waals surface area contributed by atoms with Gasteiger partial charge in [0, 0.05) is 19.2 Å². The van der Waals surface area contributed by atoms with Crippen molar-refractivity contribution in [3.63, 3.8) is 0 Å². The molecule has 2 aromatic rings. The van der Waals surface area contributed by atoms with Gasteiger partial charge in [0.25, 0.3) is 0 Å². The minimum absolute atomic E-state index is 0.0528. The van der Waals surface area contributed by atoms with Crippen LogP contribution in [0.25, 0.3) is 11.0 Å². The van der Waals surface area contributed by atoms with Gasteiger partial charge in [-0.05, 0) is 18.6 Å². The molecule has 5 heteroatoms. The Morgan fingerprint density at radius 2 is 2.20 bits per heavy atom. The van der Waals surface area contributed by atoms with E-state index in [1.807, 2.05) is 0 Å².